The zero-order valence-corrected chi connectivity index (χ0v) is 26.3. The maximum atomic E-state index is 16.5. The number of likely N-dealkylation sites (N-methyl/N-ethyl adjacent to an activating group) is 1. The van der Waals surface area contributed by atoms with Crippen LogP contribution < -0.4 is 15.0 Å². The first-order valence-electron chi connectivity index (χ1n) is 14.6. The third-order valence-corrected chi connectivity index (χ3v) is 7.84. The molecule has 1 aliphatic rings. The van der Waals surface area contributed by atoms with Gasteiger partial charge in [-0.1, -0.05) is 18.5 Å². The minimum absolute atomic E-state index is 0.0530. The van der Waals surface area contributed by atoms with E-state index in [0.29, 0.717) is 30.8 Å². The molecule has 2 heterocycles. The second kappa shape index (κ2) is 14.5. The summed E-state index contributed by atoms with van der Waals surface area (Å²) < 4.78 is 63.4. The van der Waals surface area contributed by atoms with E-state index in [4.69, 9.17) is 16.3 Å². The van der Waals surface area contributed by atoms with Gasteiger partial charge in [-0.3, -0.25) is 9.59 Å². The molecule has 1 saturated heterocycles. The van der Waals surface area contributed by atoms with Crippen LogP contribution in [0.15, 0.2) is 48.7 Å². The van der Waals surface area contributed by atoms with Crippen molar-refractivity contribution in [2.45, 2.75) is 32.5 Å². The second-order valence-electron chi connectivity index (χ2n) is 10.9. The third kappa shape index (κ3) is 7.67. The van der Waals surface area contributed by atoms with Gasteiger partial charge in [-0.05, 0) is 69.9 Å². The van der Waals surface area contributed by atoms with Crippen molar-refractivity contribution in [3.63, 3.8) is 0 Å². The Morgan fingerprint density at radius 3 is 2.53 bits per heavy atom. The molecule has 13 heteroatoms. The number of nitrogens with zero attached hydrogens (tertiary/aromatic N) is 4. The van der Waals surface area contributed by atoms with Crippen LogP contribution in [0.5, 0.6) is 5.88 Å². The Morgan fingerprint density at radius 1 is 1.11 bits per heavy atom. The maximum absolute atomic E-state index is 16.5. The molecule has 45 heavy (non-hydrogen) atoms. The molecule has 0 unspecified atom stereocenters. The first kappa shape index (κ1) is 34.0. The van der Waals surface area contributed by atoms with Crippen molar-refractivity contribution in [1.29, 1.82) is 0 Å². The lowest BCUT2D eigenvalue weighted by Crippen LogP contribution is -2.55. The number of halogens is 5. The van der Waals surface area contributed by atoms with E-state index in [1.165, 1.54) is 17.2 Å². The minimum Gasteiger partial charge on any atom is -0.478 e. The predicted molar refractivity (Wildman–Crippen MR) is 165 cm³/mol. The van der Waals surface area contributed by atoms with Gasteiger partial charge in [-0.15, -0.1) is 0 Å². The summed E-state index contributed by atoms with van der Waals surface area (Å²) in [5.74, 6) is -1.92. The van der Waals surface area contributed by atoms with Crippen molar-refractivity contribution >= 4 is 29.1 Å². The summed E-state index contributed by atoms with van der Waals surface area (Å²) in [7, 11) is 3.70. The van der Waals surface area contributed by atoms with Gasteiger partial charge >= 0.3 is 6.18 Å². The Kier molecular flexibility index (Phi) is 10.9. The largest absolute Gasteiger partial charge is 0.478 e. The number of nitrogens with one attached hydrogen (secondary N) is 1. The predicted octanol–water partition coefficient (Wildman–Crippen LogP) is 5.99. The minimum atomic E-state index is -4.77. The first-order valence-corrected chi connectivity index (χ1v) is 15.0. The molecule has 1 aliphatic heterocycles. The van der Waals surface area contributed by atoms with E-state index in [-0.39, 0.29) is 48.2 Å². The monoisotopic (exact) mass is 649 g/mol. The van der Waals surface area contributed by atoms with Crippen LogP contribution in [-0.2, 0) is 6.18 Å². The van der Waals surface area contributed by atoms with Gasteiger partial charge < -0.3 is 24.8 Å². The Bertz CT molecular complexity index is 1540. The number of rotatable bonds is 10. The molecule has 0 radical (unpaired) electrons. The summed E-state index contributed by atoms with van der Waals surface area (Å²) in [6, 6.07) is 9.19. The zero-order valence-electron chi connectivity index (χ0n) is 25.5. The molecule has 1 atom stereocenters. The average molecular weight is 650 g/mol. The molecular weight excluding hydrogens is 614 g/mol. The van der Waals surface area contributed by atoms with Gasteiger partial charge in [-0.25, -0.2) is 9.37 Å². The molecule has 2 aromatic carbocycles. The number of carbonyl (C=O) groups excluding carboxylic acids is 2. The summed E-state index contributed by atoms with van der Waals surface area (Å²) in [5.41, 5.74) is -0.927. The highest BCUT2D eigenvalue weighted by molar-refractivity contribution is 6.30. The lowest BCUT2D eigenvalue weighted by Gasteiger charge is -2.43. The number of amides is 2. The van der Waals surface area contributed by atoms with Crippen LogP contribution in [0.1, 0.15) is 46.5 Å². The van der Waals surface area contributed by atoms with E-state index in [9.17, 15) is 22.8 Å². The molecule has 3 aromatic rings. The Labute approximate surface area is 264 Å². The molecular formula is C32H36ClF4N5O3. The van der Waals surface area contributed by atoms with Crippen molar-refractivity contribution in [2.24, 2.45) is 0 Å². The number of benzene rings is 2. The smallest absolute Gasteiger partial charge is 0.417 e. The van der Waals surface area contributed by atoms with Crippen LogP contribution in [0, 0.1) is 5.82 Å². The van der Waals surface area contributed by atoms with Crippen molar-refractivity contribution in [3.8, 4) is 17.0 Å². The van der Waals surface area contributed by atoms with Gasteiger partial charge in [-0.2, -0.15) is 13.2 Å². The van der Waals surface area contributed by atoms with E-state index >= 15 is 4.39 Å². The quantitative estimate of drug-likeness (QED) is 0.272. The molecule has 0 saturated carbocycles. The summed E-state index contributed by atoms with van der Waals surface area (Å²) in [5, 5.41) is 2.67. The lowest BCUT2D eigenvalue weighted by atomic mass is 9.97. The summed E-state index contributed by atoms with van der Waals surface area (Å²) in [6.45, 7) is 5.04. The standard InChI is InChI=1S/C32H36ClF4N5O3/c1-5-21-19-41(31(44)24-10-9-20(33)18-25(24)32(35,36)37)16-17-42(21)26-12-11-22(23-8-7-13-39-30(23)45-6-2)28(34)27(26)29(43)38-14-15-40(3)4/h7-13,18,21H,5-6,14-17,19H2,1-4H3,(H,38,43)/t21-/m1/s1. The second-order valence-corrected chi connectivity index (χ2v) is 11.3. The molecule has 4 rings (SSSR count). The number of alkyl halides is 3. The number of pyridine rings is 1. The molecule has 0 spiro atoms. The van der Waals surface area contributed by atoms with Gasteiger partial charge in [0.15, 0.2) is 0 Å². The average Bonchev–Trinajstić information content (AvgIpc) is 3.00. The van der Waals surface area contributed by atoms with Crippen LogP contribution in [0.3, 0.4) is 0 Å². The zero-order chi connectivity index (χ0) is 32.9. The SMILES string of the molecule is CCOc1ncccc1-c1ccc(N2CCN(C(=O)c3ccc(Cl)cc3C(F)(F)F)C[C@H]2CC)c(C(=O)NCCN(C)C)c1F. The number of hydrogen-bond acceptors (Lipinski definition) is 6. The normalized spacial score (nSPS) is 15.4. The first-order chi connectivity index (χ1) is 21.4. The van der Waals surface area contributed by atoms with Gasteiger partial charge in [0.1, 0.15) is 5.82 Å². The number of carbonyl (C=O) groups is 2. The van der Waals surface area contributed by atoms with Crippen molar-refractivity contribution < 1.29 is 31.9 Å². The van der Waals surface area contributed by atoms with E-state index in [1.54, 1.807) is 31.2 Å². The fraction of sp³-hybridized carbons (Fsp3) is 0.406. The molecule has 0 aliphatic carbocycles. The number of anilines is 1. The molecule has 8 nitrogen and oxygen atoms in total. The Morgan fingerprint density at radius 2 is 1.87 bits per heavy atom. The Hall–Kier alpha value is -3.90. The summed E-state index contributed by atoms with van der Waals surface area (Å²) >= 11 is 5.81. The van der Waals surface area contributed by atoms with Gasteiger partial charge in [0.25, 0.3) is 11.8 Å². The maximum Gasteiger partial charge on any atom is 0.417 e. The van der Waals surface area contributed by atoms with Gasteiger partial charge in [0.2, 0.25) is 5.88 Å². The topological polar surface area (TPSA) is 78.0 Å². The lowest BCUT2D eigenvalue weighted by molar-refractivity contribution is -0.138. The molecule has 1 fully saturated rings. The number of hydrogen-bond donors (Lipinski definition) is 1. The van der Waals surface area contributed by atoms with Crippen LogP contribution in [-0.4, -0.2) is 86.1 Å². The van der Waals surface area contributed by atoms with Crippen LogP contribution in [0.25, 0.3) is 11.1 Å². The third-order valence-electron chi connectivity index (χ3n) is 7.60. The Balaban J connectivity index is 1.71. The molecule has 242 valence electrons. The molecule has 1 aromatic heterocycles. The van der Waals surface area contributed by atoms with Crippen LogP contribution in [0.2, 0.25) is 5.02 Å². The van der Waals surface area contributed by atoms with Gasteiger partial charge in [0, 0.05) is 61.1 Å². The number of aromatic nitrogens is 1. The highest BCUT2D eigenvalue weighted by Gasteiger charge is 2.39. The van der Waals surface area contributed by atoms with Crippen LogP contribution >= 0.6 is 11.6 Å². The summed E-state index contributed by atoms with van der Waals surface area (Å²) in [6.07, 6.45) is -2.77. The number of ether oxygens (including phenoxy) is 1. The highest BCUT2D eigenvalue weighted by atomic mass is 35.5. The van der Waals surface area contributed by atoms with Crippen molar-refractivity contribution in [1.82, 2.24) is 20.1 Å². The number of piperazine rings is 1. The van der Waals surface area contributed by atoms with Gasteiger partial charge in [0.05, 0.1) is 29.0 Å². The fourth-order valence-electron chi connectivity index (χ4n) is 5.37. The molecule has 2 amide bonds. The van der Waals surface area contributed by atoms with Crippen molar-refractivity contribution in [3.05, 3.63) is 76.2 Å². The molecule has 1 N–H and O–H groups in total. The fourth-order valence-corrected chi connectivity index (χ4v) is 5.54. The molecule has 0 bridgehead atoms. The van der Waals surface area contributed by atoms with E-state index < -0.39 is 41.0 Å². The summed E-state index contributed by atoms with van der Waals surface area (Å²) in [4.78, 5) is 36.3. The van der Waals surface area contributed by atoms with Crippen LogP contribution in [0.4, 0.5) is 23.2 Å². The van der Waals surface area contributed by atoms with Crippen molar-refractivity contribution in [2.75, 3.05) is 58.3 Å². The van der Waals surface area contributed by atoms with E-state index in [2.05, 4.69) is 10.3 Å². The van der Waals surface area contributed by atoms with E-state index in [0.717, 1.165) is 12.1 Å². The van der Waals surface area contributed by atoms with E-state index in [1.807, 2.05) is 30.8 Å². The highest BCUT2D eigenvalue weighted by Crippen LogP contribution is 2.38.